The number of esters is 1. The van der Waals surface area contributed by atoms with Crippen LogP contribution < -0.4 is 5.32 Å². The molecule has 0 saturated carbocycles. The molecule has 28 heavy (non-hydrogen) atoms. The van der Waals surface area contributed by atoms with Gasteiger partial charge in [-0.15, -0.1) is 11.3 Å². The first-order chi connectivity index (χ1) is 13.3. The molecular formula is C20H19ClN2O4S. The number of aromatic nitrogens is 1. The Hall–Kier alpha value is -2.64. The molecule has 0 fully saturated rings. The highest BCUT2D eigenvalue weighted by atomic mass is 35.5. The zero-order valence-electron chi connectivity index (χ0n) is 15.7. The molecule has 1 N–H and O–H groups in total. The Morgan fingerprint density at radius 1 is 1.29 bits per heavy atom. The maximum Gasteiger partial charge on any atom is 0.312 e. The van der Waals surface area contributed by atoms with Crippen LogP contribution in [-0.4, -0.2) is 23.5 Å². The average Bonchev–Trinajstić information content (AvgIpc) is 3.27. The van der Waals surface area contributed by atoms with E-state index in [-0.39, 0.29) is 6.42 Å². The van der Waals surface area contributed by atoms with Crippen LogP contribution in [0.2, 0.25) is 5.02 Å². The van der Waals surface area contributed by atoms with E-state index in [4.69, 9.17) is 20.8 Å². The Morgan fingerprint density at radius 2 is 2.07 bits per heavy atom. The number of benzene rings is 1. The fourth-order valence-corrected chi connectivity index (χ4v) is 3.70. The fourth-order valence-electron chi connectivity index (χ4n) is 2.68. The Morgan fingerprint density at radius 3 is 2.75 bits per heavy atom. The number of carbonyl (C=O) groups excluding carboxylic acids is 2. The molecule has 0 spiro atoms. The van der Waals surface area contributed by atoms with Crippen LogP contribution >= 0.6 is 22.9 Å². The lowest BCUT2D eigenvalue weighted by Crippen LogP contribution is -2.22. The molecule has 0 unspecified atom stereocenters. The molecule has 3 rings (SSSR count). The van der Waals surface area contributed by atoms with E-state index in [0.29, 0.717) is 28.1 Å². The monoisotopic (exact) mass is 418 g/mol. The van der Waals surface area contributed by atoms with Gasteiger partial charge < -0.3 is 14.5 Å². The molecule has 0 atom stereocenters. The number of aryl methyl sites for hydroxylation is 3. The van der Waals surface area contributed by atoms with Crippen molar-refractivity contribution in [2.24, 2.45) is 0 Å². The van der Waals surface area contributed by atoms with Gasteiger partial charge in [-0.3, -0.25) is 9.59 Å². The van der Waals surface area contributed by atoms with Crippen molar-refractivity contribution >= 4 is 40.5 Å². The summed E-state index contributed by atoms with van der Waals surface area (Å²) in [5.41, 5.74) is 2.84. The van der Waals surface area contributed by atoms with Gasteiger partial charge in [-0.1, -0.05) is 23.7 Å². The normalized spacial score (nSPS) is 10.7. The first-order valence-corrected chi connectivity index (χ1v) is 9.81. The van der Waals surface area contributed by atoms with Crippen molar-refractivity contribution in [3.8, 4) is 10.8 Å². The highest BCUT2D eigenvalue weighted by molar-refractivity contribution is 7.13. The van der Waals surface area contributed by atoms with Crippen LogP contribution in [0.3, 0.4) is 0 Å². The Balaban J connectivity index is 1.55. The highest BCUT2D eigenvalue weighted by Gasteiger charge is 2.17. The fraction of sp³-hybridized carbons (Fsp3) is 0.250. The molecule has 0 aliphatic rings. The summed E-state index contributed by atoms with van der Waals surface area (Å²) >= 11 is 7.67. The molecule has 0 aliphatic carbocycles. The van der Waals surface area contributed by atoms with Gasteiger partial charge in [0.05, 0.1) is 27.7 Å². The molecule has 3 aromatic rings. The van der Waals surface area contributed by atoms with Gasteiger partial charge in [-0.05, 0) is 49.4 Å². The summed E-state index contributed by atoms with van der Waals surface area (Å²) in [5, 5.41) is 5.04. The molecule has 6 nitrogen and oxygen atoms in total. The summed E-state index contributed by atoms with van der Waals surface area (Å²) in [6.45, 7) is 5.10. The van der Waals surface area contributed by atoms with Gasteiger partial charge in [0.25, 0.3) is 5.91 Å². The molecule has 1 amide bonds. The number of amides is 1. The molecule has 146 valence electrons. The van der Waals surface area contributed by atoms with Gasteiger partial charge in [-0.2, -0.15) is 0 Å². The molecule has 8 heteroatoms. The minimum atomic E-state index is -0.559. The van der Waals surface area contributed by atoms with E-state index in [1.54, 1.807) is 13.0 Å². The van der Waals surface area contributed by atoms with E-state index >= 15 is 0 Å². The van der Waals surface area contributed by atoms with Crippen LogP contribution in [0.5, 0.6) is 0 Å². The molecule has 0 aliphatic heterocycles. The number of nitrogens with one attached hydrogen (secondary N) is 1. The number of thiophene rings is 1. The van der Waals surface area contributed by atoms with Crippen LogP contribution in [0.15, 0.2) is 34.1 Å². The van der Waals surface area contributed by atoms with Gasteiger partial charge in [0, 0.05) is 0 Å². The number of oxazole rings is 1. The average molecular weight is 419 g/mol. The maximum absolute atomic E-state index is 12.1. The van der Waals surface area contributed by atoms with E-state index < -0.39 is 18.5 Å². The maximum atomic E-state index is 12.1. The van der Waals surface area contributed by atoms with E-state index in [2.05, 4.69) is 10.3 Å². The second-order valence-electron chi connectivity index (χ2n) is 6.32. The standard InChI is InChI=1S/C20H19ClN2O4S/c1-11-7-12(2)19(14(21)8-11)23-17(24)10-26-18(25)9-15-13(3)27-20(22-15)16-5-4-6-28-16/h4-8H,9-10H2,1-3H3,(H,23,24). The number of nitrogens with zero attached hydrogens (tertiary/aromatic N) is 1. The summed E-state index contributed by atoms with van der Waals surface area (Å²) < 4.78 is 10.7. The van der Waals surface area contributed by atoms with Gasteiger partial charge >= 0.3 is 5.97 Å². The lowest BCUT2D eigenvalue weighted by atomic mass is 10.1. The van der Waals surface area contributed by atoms with E-state index in [0.717, 1.165) is 16.0 Å². The summed E-state index contributed by atoms with van der Waals surface area (Å²) in [6.07, 6.45) is -0.0711. The Labute approximate surface area is 171 Å². The number of rotatable bonds is 6. The van der Waals surface area contributed by atoms with E-state index in [9.17, 15) is 9.59 Å². The lowest BCUT2D eigenvalue weighted by molar-refractivity contribution is -0.146. The topological polar surface area (TPSA) is 81.4 Å². The van der Waals surface area contributed by atoms with Gasteiger partial charge in [0.2, 0.25) is 5.89 Å². The molecule has 2 aromatic heterocycles. The van der Waals surface area contributed by atoms with E-state index in [1.165, 1.54) is 11.3 Å². The minimum absolute atomic E-state index is 0.0711. The number of hydrogen-bond donors (Lipinski definition) is 1. The van der Waals surface area contributed by atoms with E-state index in [1.807, 2.05) is 37.4 Å². The van der Waals surface area contributed by atoms with Gasteiger partial charge in [0.1, 0.15) is 5.76 Å². The largest absolute Gasteiger partial charge is 0.455 e. The molecule has 0 bridgehead atoms. The summed E-state index contributed by atoms with van der Waals surface area (Å²) in [7, 11) is 0. The molecule has 1 aromatic carbocycles. The van der Waals surface area contributed by atoms with Crippen LogP contribution in [0.4, 0.5) is 5.69 Å². The van der Waals surface area contributed by atoms with Crippen LogP contribution in [-0.2, 0) is 20.7 Å². The zero-order valence-corrected chi connectivity index (χ0v) is 17.2. The minimum Gasteiger partial charge on any atom is -0.455 e. The first kappa shape index (κ1) is 20.1. The number of hydrogen-bond acceptors (Lipinski definition) is 6. The smallest absolute Gasteiger partial charge is 0.312 e. The first-order valence-electron chi connectivity index (χ1n) is 8.56. The van der Waals surface area contributed by atoms with Crippen LogP contribution in [0, 0.1) is 20.8 Å². The summed E-state index contributed by atoms with van der Waals surface area (Å²) in [5.74, 6) is -0.00116. The second-order valence-corrected chi connectivity index (χ2v) is 7.68. The third-order valence-corrected chi connectivity index (χ3v) is 5.15. The van der Waals surface area contributed by atoms with Gasteiger partial charge in [0.15, 0.2) is 6.61 Å². The predicted octanol–water partition coefficient (Wildman–Crippen LogP) is 4.71. The highest BCUT2D eigenvalue weighted by Crippen LogP contribution is 2.27. The number of carbonyl (C=O) groups is 2. The number of ether oxygens (including phenoxy) is 1. The van der Waals surface area contributed by atoms with Crippen molar-refractivity contribution in [3.63, 3.8) is 0 Å². The quantitative estimate of drug-likeness (QED) is 0.586. The number of anilines is 1. The Bertz CT molecular complexity index is 988. The van der Waals surface area contributed by atoms with Crippen molar-refractivity contribution in [1.29, 1.82) is 0 Å². The third kappa shape index (κ3) is 4.79. The van der Waals surface area contributed by atoms with Crippen molar-refractivity contribution in [2.75, 3.05) is 11.9 Å². The zero-order chi connectivity index (χ0) is 20.3. The van der Waals surface area contributed by atoms with Crippen LogP contribution in [0.25, 0.3) is 10.8 Å². The number of halogens is 1. The van der Waals surface area contributed by atoms with Crippen molar-refractivity contribution in [1.82, 2.24) is 4.98 Å². The third-order valence-electron chi connectivity index (χ3n) is 4.00. The molecule has 0 saturated heterocycles. The van der Waals surface area contributed by atoms with Crippen LogP contribution in [0.1, 0.15) is 22.6 Å². The summed E-state index contributed by atoms with van der Waals surface area (Å²) in [4.78, 5) is 29.4. The summed E-state index contributed by atoms with van der Waals surface area (Å²) in [6, 6.07) is 7.45. The second kappa shape index (κ2) is 8.58. The van der Waals surface area contributed by atoms with Gasteiger partial charge in [-0.25, -0.2) is 4.98 Å². The van der Waals surface area contributed by atoms with Crippen molar-refractivity contribution in [3.05, 3.63) is 57.2 Å². The lowest BCUT2D eigenvalue weighted by Gasteiger charge is -2.11. The predicted molar refractivity (Wildman–Crippen MR) is 109 cm³/mol. The van der Waals surface area contributed by atoms with Crippen molar-refractivity contribution < 1.29 is 18.7 Å². The molecule has 2 heterocycles. The van der Waals surface area contributed by atoms with Crippen molar-refractivity contribution in [2.45, 2.75) is 27.2 Å². The SMILES string of the molecule is Cc1cc(C)c(NC(=O)COC(=O)Cc2nc(-c3cccs3)oc2C)c(Cl)c1. The molecular weight excluding hydrogens is 400 g/mol. The Kier molecular flexibility index (Phi) is 6.16. The molecule has 0 radical (unpaired) electrons.